The number of cyclic esters (lactones) is 1. The monoisotopic (exact) mass is 469 g/mol. The molecule has 0 saturated carbocycles. The highest BCUT2D eigenvalue weighted by molar-refractivity contribution is 7.92. The van der Waals surface area contributed by atoms with Crippen LogP contribution in [0.1, 0.15) is 15.9 Å². The number of ether oxygens (including phenoxy) is 1. The van der Waals surface area contributed by atoms with E-state index in [0.717, 1.165) is 36.4 Å². The number of sulfonamides is 1. The van der Waals surface area contributed by atoms with Crippen molar-refractivity contribution in [3.05, 3.63) is 76.1 Å². The van der Waals surface area contributed by atoms with Crippen molar-refractivity contribution < 1.29 is 36.2 Å². The van der Waals surface area contributed by atoms with E-state index in [0.29, 0.717) is 0 Å². The molecule has 31 heavy (non-hydrogen) atoms. The number of phenols is 1. The van der Waals surface area contributed by atoms with E-state index in [-0.39, 0.29) is 22.3 Å². The number of hydrogen-bond acceptors (Lipinski definition) is 5. The Balaban J connectivity index is 2.02. The molecule has 0 radical (unpaired) electrons. The van der Waals surface area contributed by atoms with E-state index in [9.17, 15) is 31.5 Å². The van der Waals surface area contributed by atoms with Gasteiger partial charge in [0.2, 0.25) is 0 Å². The van der Waals surface area contributed by atoms with Gasteiger partial charge in [0.15, 0.2) is 17.4 Å². The van der Waals surface area contributed by atoms with Gasteiger partial charge in [0.1, 0.15) is 17.3 Å². The van der Waals surface area contributed by atoms with Gasteiger partial charge in [-0.05, 0) is 47.5 Å². The van der Waals surface area contributed by atoms with Gasteiger partial charge in [-0.1, -0.05) is 17.7 Å². The molecule has 1 aliphatic rings. The highest BCUT2D eigenvalue weighted by atomic mass is 35.5. The molecule has 0 saturated heterocycles. The van der Waals surface area contributed by atoms with Gasteiger partial charge in [-0.3, -0.25) is 4.72 Å². The number of carbonyl (C=O) groups excluding carboxylic acids is 1. The second-order valence-corrected chi connectivity index (χ2v) is 8.67. The zero-order valence-corrected chi connectivity index (χ0v) is 16.8. The van der Waals surface area contributed by atoms with E-state index in [2.05, 4.69) is 0 Å². The van der Waals surface area contributed by atoms with Gasteiger partial charge in [-0.15, -0.1) is 0 Å². The first-order valence-corrected chi connectivity index (χ1v) is 10.4. The number of anilines is 1. The standard InChI is InChI=1S/C20H11ClF3NO5S/c21-14-4-10-7-17(19(14)26)31(28,29)25-16-6-9(5-15(23)18(16)24)13-2-1-12(22)3-11(13)8-30-20(10)27/h1-7,25-26H,8H2. The number of aromatic hydroxyl groups is 1. The minimum absolute atomic E-state index is 0.00383. The zero-order chi connectivity index (χ0) is 22.5. The molecule has 3 aromatic rings. The molecule has 2 N–H and O–H groups in total. The minimum atomic E-state index is -4.72. The van der Waals surface area contributed by atoms with Crippen molar-refractivity contribution in [1.29, 1.82) is 0 Å². The Morgan fingerprint density at radius 1 is 1.03 bits per heavy atom. The van der Waals surface area contributed by atoms with Crippen molar-refractivity contribution in [2.45, 2.75) is 11.5 Å². The van der Waals surface area contributed by atoms with Crippen LogP contribution in [0.2, 0.25) is 5.02 Å². The lowest BCUT2D eigenvalue weighted by Gasteiger charge is -2.14. The summed E-state index contributed by atoms with van der Waals surface area (Å²) in [5, 5.41) is 9.61. The lowest BCUT2D eigenvalue weighted by atomic mass is 9.99. The highest BCUT2D eigenvalue weighted by Gasteiger charge is 2.27. The number of fused-ring (bicyclic) bond motifs is 6. The molecular weight excluding hydrogens is 459 g/mol. The lowest BCUT2D eigenvalue weighted by Crippen LogP contribution is -2.16. The van der Waals surface area contributed by atoms with Crippen molar-refractivity contribution in [2.75, 3.05) is 4.72 Å². The minimum Gasteiger partial charge on any atom is -0.505 e. The molecule has 0 aliphatic carbocycles. The summed E-state index contributed by atoms with van der Waals surface area (Å²) < 4.78 is 75.0. The Hall–Kier alpha value is -3.24. The Morgan fingerprint density at radius 2 is 1.77 bits per heavy atom. The summed E-state index contributed by atoms with van der Waals surface area (Å²) in [7, 11) is -4.72. The van der Waals surface area contributed by atoms with Crippen LogP contribution in [0.3, 0.4) is 0 Å². The lowest BCUT2D eigenvalue weighted by molar-refractivity contribution is 0.0472. The smallest absolute Gasteiger partial charge is 0.338 e. The predicted octanol–water partition coefficient (Wildman–Crippen LogP) is 4.60. The van der Waals surface area contributed by atoms with Gasteiger partial charge in [-0.2, -0.15) is 0 Å². The number of halogens is 4. The van der Waals surface area contributed by atoms with Gasteiger partial charge in [0, 0.05) is 5.56 Å². The van der Waals surface area contributed by atoms with Crippen molar-refractivity contribution >= 4 is 33.3 Å². The van der Waals surface area contributed by atoms with Crippen LogP contribution in [0, 0.1) is 17.5 Å². The zero-order valence-electron chi connectivity index (χ0n) is 15.2. The second-order valence-electron chi connectivity index (χ2n) is 6.61. The summed E-state index contributed by atoms with van der Waals surface area (Å²) in [5.41, 5.74) is -0.801. The molecule has 0 fully saturated rings. The molecule has 1 aliphatic heterocycles. The largest absolute Gasteiger partial charge is 0.505 e. The first-order valence-electron chi connectivity index (χ1n) is 8.57. The van der Waals surface area contributed by atoms with Crippen molar-refractivity contribution in [3.63, 3.8) is 0 Å². The van der Waals surface area contributed by atoms with Crippen LogP contribution in [0.5, 0.6) is 5.75 Å². The van der Waals surface area contributed by atoms with Gasteiger partial charge in [-0.25, -0.2) is 26.4 Å². The topological polar surface area (TPSA) is 92.7 Å². The molecule has 0 aromatic heterocycles. The summed E-state index contributed by atoms with van der Waals surface area (Å²) in [6.45, 7) is -0.464. The Kier molecular flexibility index (Phi) is 5.06. The number of rotatable bonds is 0. The van der Waals surface area contributed by atoms with Gasteiger partial charge >= 0.3 is 5.97 Å². The van der Waals surface area contributed by atoms with Crippen LogP contribution >= 0.6 is 11.6 Å². The van der Waals surface area contributed by atoms with Gasteiger partial charge < -0.3 is 9.84 Å². The number of nitrogens with one attached hydrogen (secondary N) is 1. The normalized spacial score (nSPS) is 14.9. The fourth-order valence-corrected chi connectivity index (χ4v) is 4.58. The summed E-state index contributed by atoms with van der Waals surface area (Å²) in [6, 6.07) is 6.90. The van der Waals surface area contributed by atoms with Crippen molar-refractivity contribution in [3.8, 4) is 16.9 Å². The van der Waals surface area contributed by atoms with Crippen LogP contribution in [0.15, 0.2) is 47.4 Å². The maximum absolute atomic E-state index is 14.4. The van der Waals surface area contributed by atoms with Gasteiger partial charge in [0.25, 0.3) is 10.0 Å². The Morgan fingerprint density at radius 3 is 2.52 bits per heavy atom. The SMILES string of the molecule is O=C1OCc2cc(F)ccc2-c2cc(F)c(F)c(c2)NS(=O)(=O)c2cc1cc(Cl)c2O. The molecule has 11 heteroatoms. The molecule has 4 bridgehead atoms. The number of hydrogen-bond donors (Lipinski definition) is 2. The quantitative estimate of drug-likeness (QED) is 0.469. The fraction of sp³-hybridized carbons (Fsp3) is 0.0500. The number of benzene rings is 3. The van der Waals surface area contributed by atoms with Crippen LogP contribution < -0.4 is 4.72 Å². The number of phenolic OH excluding ortho intramolecular Hbond substituents is 1. The number of carbonyl (C=O) groups is 1. The van der Waals surface area contributed by atoms with Crippen LogP contribution in [0.4, 0.5) is 18.9 Å². The first kappa shape index (κ1) is 21.0. The molecule has 0 atom stereocenters. The summed E-state index contributed by atoms with van der Waals surface area (Å²) in [4.78, 5) is 11.6. The summed E-state index contributed by atoms with van der Waals surface area (Å²) in [5.74, 6) is -5.47. The van der Waals surface area contributed by atoms with Gasteiger partial charge in [0.05, 0.1) is 16.3 Å². The molecule has 0 amide bonds. The third kappa shape index (κ3) is 3.79. The van der Waals surface area contributed by atoms with Crippen molar-refractivity contribution in [1.82, 2.24) is 0 Å². The highest BCUT2D eigenvalue weighted by Crippen LogP contribution is 2.36. The van der Waals surface area contributed by atoms with E-state index < -0.39 is 61.4 Å². The van der Waals surface area contributed by atoms with E-state index in [1.807, 2.05) is 4.72 Å². The predicted molar refractivity (Wildman–Crippen MR) is 105 cm³/mol. The summed E-state index contributed by atoms with van der Waals surface area (Å²) in [6.07, 6.45) is 0. The molecule has 1 heterocycles. The molecule has 4 rings (SSSR count). The third-order valence-electron chi connectivity index (χ3n) is 4.56. The van der Waals surface area contributed by atoms with E-state index in [1.54, 1.807) is 0 Å². The van der Waals surface area contributed by atoms with E-state index in [4.69, 9.17) is 16.3 Å². The van der Waals surface area contributed by atoms with Crippen molar-refractivity contribution in [2.24, 2.45) is 0 Å². The number of esters is 1. The maximum atomic E-state index is 14.4. The maximum Gasteiger partial charge on any atom is 0.338 e. The third-order valence-corrected chi connectivity index (χ3v) is 6.23. The Bertz CT molecular complexity index is 1360. The molecule has 0 unspecified atom stereocenters. The molecular formula is C20H11ClF3NO5S. The van der Waals surface area contributed by atoms with Crippen LogP contribution in [0.25, 0.3) is 11.1 Å². The van der Waals surface area contributed by atoms with E-state index in [1.165, 1.54) is 6.07 Å². The molecule has 3 aromatic carbocycles. The fourth-order valence-electron chi connectivity index (χ4n) is 3.11. The van der Waals surface area contributed by atoms with Crippen LogP contribution in [-0.2, 0) is 21.4 Å². The molecule has 0 spiro atoms. The molecule has 160 valence electrons. The molecule has 6 nitrogen and oxygen atoms in total. The van der Waals surface area contributed by atoms with Crippen LogP contribution in [-0.4, -0.2) is 19.5 Å². The van der Waals surface area contributed by atoms with E-state index >= 15 is 0 Å². The average Bonchev–Trinajstić information content (AvgIpc) is 2.70. The first-order chi connectivity index (χ1) is 14.6. The Labute approximate surface area is 178 Å². The average molecular weight is 470 g/mol. The summed E-state index contributed by atoms with van der Waals surface area (Å²) >= 11 is 5.84. The second kappa shape index (κ2) is 7.47.